The summed E-state index contributed by atoms with van der Waals surface area (Å²) in [6.45, 7) is 4.36. The van der Waals surface area contributed by atoms with E-state index in [4.69, 9.17) is 29.0 Å². The zero-order valence-electron chi connectivity index (χ0n) is 10.3. The molecule has 0 aliphatic rings. The normalized spacial score (nSPS) is 13.1. The van der Waals surface area contributed by atoms with Gasteiger partial charge in [0.05, 0.1) is 10.0 Å². The molecule has 0 bridgehead atoms. The summed E-state index contributed by atoms with van der Waals surface area (Å²) >= 11 is 12.2. The first kappa shape index (κ1) is 14.8. The number of benzene rings is 1. The maximum atomic E-state index is 6.18. The average Bonchev–Trinajstić information content (AvgIpc) is 2.34. The van der Waals surface area contributed by atoms with Gasteiger partial charge in [0, 0.05) is 6.04 Å². The summed E-state index contributed by atoms with van der Waals surface area (Å²) in [5, 5.41) is 1.24. The first-order valence-corrected chi connectivity index (χ1v) is 6.78. The van der Waals surface area contributed by atoms with Crippen LogP contribution in [0.15, 0.2) is 18.2 Å². The van der Waals surface area contributed by atoms with Crippen LogP contribution in [0.1, 0.15) is 32.3 Å². The minimum absolute atomic E-state index is 0.237. The van der Waals surface area contributed by atoms with E-state index >= 15 is 0 Å². The maximum Gasteiger partial charge on any atom is 0.0624 e. The summed E-state index contributed by atoms with van der Waals surface area (Å²) in [5.74, 6) is 6.19. The third-order valence-corrected chi connectivity index (χ3v) is 4.16. The molecule has 96 valence electrons. The van der Waals surface area contributed by atoms with Crippen LogP contribution < -0.4 is 11.3 Å². The van der Waals surface area contributed by atoms with Crippen LogP contribution >= 0.6 is 23.2 Å². The van der Waals surface area contributed by atoms with Crippen molar-refractivity contribution in [3.05, 3.63) is 33.8 Å². The van der Waals surface area contributed by atoms with Crippen molar-refractivity contribution in [2.45, 2.75) is 39.2 Å². The number of hydrogen-bond donors (Lipinski definition) is 2. The molecule has 0 aliphatic carbocycles. The van der Waals surface area contributed by atoms with E-state index in [1.54, 1.807) is 6.07 Å². The van der Waals surface area contributed by atoms with Crippen LogP contribution in [0, 0.1) is 5.92 Å². The Labute approximate surface area is 113 Å². The summed E-state index contributed by atoms with van der Waals surface area (Å²) in [6, 6.07) is 5.96. The molecule has 3 N–H and O–H groups in total. The van der Waals surface area contributed by atoms with E-state index in [-0.39, 0.29) is 6.04 Å². The maximum absolute atomic E-state index is 6.18. The van der Waals surface area contributed by atoms with E-state index in [0.717, 1.165) is 24.8 Å². The smallest absolute Gasteiger partial charge is 0.0624 e. The van der Waals surface area contributed by atoms with Crippen molar-refractivity contribution in [3.63, 3.8) is 0 Å². The number of hydrazine groups is 1. The topological polar surface area (TPSA) is 38.0 Å². The summed E-state index contributed by atoms with van der Waals surface area (Å²) in [7, 11) is 0. The van der Waals surface area contributed by atoms with Crippen LogP contribution in [0.4, 0.5) is 0 Å². The highest BCUT2D eigenvalue weighted by atomic mass is 35.5. The van der Waals surface area contributed by atoms with Crippen molar-refractivity contribution in [2.75, 3.05) is 0 Å². The molecule has 0 fully saturated rings. The molecule has 0 saturated heterocycles. The predicted molar refractivity (Wildman–Crippen MR) is 75.3 cm³/mol. The van der Waals surface area contributed by atoms with E-state index in [1.165, 1.54) is 0 Å². The Kier molecular flexibility index (Phi) is 6.28. The molecular formula is C13H20Cl2N2. The highest BCUT2D eigenvalue weighted by Crippen LogP contribution is 2.28. The van der Waals surface area contributed by atoms with Gasteiger partial charge in [-0.15, -0.1) is 0 Å². The quantitative estimate of drug-likeness (QED) is 0.612. The molecule has 0 spiro atoms. The molecule has 1 aromatic rings. The van der Waals surface area contributed by atoms with Gasteiger partial charge in [-0.2, -0.15) is 0 Å². The highest BCUT2D eigenvalue weighted by Gasteiger charge is 2.19. The number of hydrogen-bond acceptors (Lipinski definition) is 2. The number of halogens is 2. The second-order valence-corrected chi connectivity index (χ2v) is 5.05. The van der Waals surface area contributed by atoms with E-state index in [9.17, 15) is 0 Å². The van der Waals surface area contributed by atoms with Crippen molar-refractivity contribution in [1.29, 1.82) is 0 Å². The Morgan fingerprint density at radius 2 is 1.88 bits per heavy atom. The Balaban J connectivity index is 2.83. The largest absolute Gasteiger partial charge is 0.271 e. The Morgan fingerprint density at radius 3 is 2.41 bits per heavy atom. The van der Waals surface area contributed by atoms with Gasteiger partial charge in [0.15, 0.2) is 0 Å². The molecule has 1 aromatic carbocycles. The molecular weight excluding hydrogens is 255 g/mol. The first-order valence-electron chi connectivity index (χ1n) is 6.03. The fraction of sp³-hybridized carbons (Fsp3) is 0.538. The number of nitrogens with two attached hydrogens (primary N) is 1. The van der Waals surface area contributed by atoms with Gasteiger partial charge in [-0.3, -0.25) is 11.3 Å². The summed E-state index contributed by atoms with van der Waals surface area (Å²) in [6.07, 6.45) is 3.01. The highest BCUT2D eigenvalue weighted by molar-refractivity contribution is 6.42. The lowest BCUT2D eigenvalue weighted by atomic mass is 9.90. The molecule has 1 atom stereocenters. The van der Waals surface area contributed by atoms with Crippen LogP contribution in [0.5, 0.6) is 0 Å². The lowest BCUT2D eigenvalue weighted by Crippen LogP contribution is -2.42. The molecule has 0 amide bonds. The fourth-order valence-electron chi connectivity index (χ4n) is 2.16. The summed E-state index contributed by atoms with van der Waals surface area (Å²) in [4.78, 5) is 0. The molecule has 1 unspecified atom stereocenters. The fourth-order valence-corrected chi connectivity index (χ4v) is 2.56. The minimum atomic E-state index is 0.237. The van der Waals surface area contributed by atoms with Gasteiger partial charge >= 0.3 is 0 Å². The molecule has 2 nitrogen and oxygen atoms in total. The van der Waals surface area contributed by atoms with Crippen LogP contribution in [0.2, 0.25) is 10.0 Å². The lowest BCUT2D eigenvalue weighted by Gasteiger charge is -2.25. The Morgan fingerprint density at radius 1 is 1.24 bits per heavy atom. The SMILES string of the molecule is CCC(CC)C(Cc1cccc(Cl)c1Cl)NN. The zero-order valence-corrected chi connectivity index (χ0v) is 11.9. The second-order valence-electron chi connectivity index (χ2n) is 4.27. The predicted octanol–water partition coefficient (Wildman–Crippen LogP) is 3.80. The van der Waals surface area contributed by atoms with Gasteiger partial charge in [-0.05, 0) is 24.0 Å². The third-order valence-electron chi connectivity index (χ3n) is 3.30. The third kappa shape index (κ3) is 3.85. The van der Waals surface area contributed by atoms with E-state index in [1.807, 2.05) is 12.1 Å². The van der Waals surface area contributed by atoms with Gasteiger partial charge in [-0.1, -0.05) is 62.0 Å². The molecule has 17 heavy (non-hydrogen) atoms. The minimum Gasteiger partial charge on any atom is -0.271 e. The molecule has 0 aliphatic heterocycles. The van der Waals surface area contributed by atoms with Crippen LogP contribution in [0.25, 0.3) is 0 Å². The van der Waals surface area contributed by atoms with Crippen molar-refractivity contribution in [2.24, 2.45) is 11.8 Å². The zero-order chi connectivity index (χ0) is 12.8. The van der Waals surface area contributed by atoms with Crippen LogP contribution in [0.3, 0.4) is 0 Å². The Bertz CT molecular complexity index is 351. The molecule has 0 radical (unpaired) electrons. The standard InChI is InChI=1S/C13H20Cl2N2/c1-3-9(4-2)12(17-16)8-10-6-5-7-11(14)13(10)15/h5-7,9,12,17H,3-4,8,16H2,1-2H3. The van der Waals surface area contributed by atoms with Crippen LogP contribution in [-0.2, 0) is 6.42 Å². The molecule has 1 rings (SSSR count). The number of nitrogens with one attached hydrogen (secondary N) is 1. The lowest BCUT2D eigenvalue weighted by molar-refractivity contribution is 0.335. The van der Waals surface area contributed by atoms with Gasteiger partial charge in [-0.25, -0.2) is 0 Å². The molecule has 0 heterocycles. The van der Waals surface area contributed by atoms with Gasteiger partial charge < -0.3 is 0 Å². The molecule has 0 aromatic heterocycles. The van der Waals surface area contributed by atoms with Gasteiger partial charge in [0.1, 0.15) is 0 Å². The first-order chi connectivity index (χ1) is 8.13. The van der Waals surface area contributed by atoms with Crippen molar-refractivity contribution >= 4 is 23.2 Å². The van der Waals surface area contributed by atoms with E-state index in [2.05, 4.69) is 19.3 Å². The van der Waals surface area contributed by atoms with Crippen molar-refractivity contribution in [3.8, 4) is 0 Å². The summed E-state index contributed by atoms with van der Waals surface area (Å²) in [5.41, 5.74) is 3.95. The molecule has 0 saturated carbocycles. The van der Waals surface area contributed by atoms with Crippen molar-refractivity contribution < 1.29 is 0 Å². The van der Waals surface area contributed by atoms with Gasteiger partial charge in [0.25, 0.3) is 0 Å². The monoisotopic (exact) mass is 274 g/mol. The number of rotatable bonds is 6. The van der Waals surface area contributed by atoms with E-state index in [0.29, 0.717) is 16.0 Å². The average molecular weight is 275 g/mol. The van der Waals surface area contributed by atoms with Crippen molar-refractivity contribution in [1.82, 2.24) is 5.43 Å². The summed E-state index contributed by atoms with van der Waals surface area (Å²) < 4.78 is 0. The Hall–Kier alpha value is -0.280. The molecule has 4 heteroatoms. The second kappa shape index (κ2) is 7.22. The van der Waals surface area contributed by atoms with E-state index < -0.39 is 0 Å². The van der Waals surface area contributed by atoms with Gasteiger partial charge in [0.2, 0.25) is 0 Å². The van der Waals surface area contributed by atoms with Crippen LogP contribution in [-0.4, -0.2) is 6.04 Å².